The number of benzene rings is 2. The van der Waals surface area contributed by atoms with Crippen molar-refractivity contribution in [2.75, 3.05) is 38.4 Å². The van der Waals surface area contributed by atoms with Crippen LogP contribution in [0.5, 0.6) is 17.2 Å². The molecule has 0 aliphatic rings. The Kier molecular flexibility index (Phi) is 9.97. The molecule has 0 saturated carbocycles. The summed E-state index contributed by atoms with van der Waals surface area (Å²) in [5.74, 6) is 0.429. The second kappa shape index (κ2) is 12.5. The molecule has 2 aromatic carbocycles. The molecule has 1 N–H and O–H groups in total. The van der Waals surface area contributed by atoms with Crippen LogP contribution in [0, 0.1) is 0 Å². The number of hydrogen-bond donors (Lipinski definition) is 1. The molecule has 11 heteroatoms. The Morgan fingerprint density at radius 3 is 2.17 bits per heavy atom. The topological polar surface area (TPSA) is 114 Å². The molecule has 0 aliphatic heterocycles. The Hall–Kier alpha value is -3.47. The predicted octanol–water partition coefficient (Wildman–Crippen LogP) is 2.42. The van der Waals surface area contributed by atoms with Crippen LogP contribution in [0.2, 0.25) is 0 Å². The molecule has 0 bridgehead atoms. The molecule has 0 saturated heterocycles. The van der Waals surface area contributed by atoms with Crippen LogP contribution >= 0.6 is 0 Å². The van der Waals surface area contributed by atoms with Crippen molar-refractivity contribution in [2.45, 2.75) is 39.4 Å². The van der Waals surface area contributed by atoms with Crippen molar-refractivity contribution in [2.24, 2.45) is 0 Å². The van der Waals surface area contributed by atoms with Crippen LogP contribution in [0.4, 0.5) is 5.69 Å². The highest BCUT2D eigenvalue weighted by Gasteiger charge is 2.30. The first-order valence-electron chi connectivity index (χ1n) is 11.3. The van der Waals surface area contributed by atoms with Gasteiger partial charge in [-0.25, -0.2) is 8.42 Å². The minimum Gasteiger partial charge on any atom is -0.497 e. The normalized spacial score (nSPS) is 12.0. The fourth-order valence-corrected chi connectivity index (χ4v) is 4.39. The molecule has 0 radical (unpaired) electrons. The van der Waals surface area contributed by atoms with Gasteiger partial charge in [-0.1, -0.05) is 12.1 Å². The van der Waals surface area contributed by atoms with E-state index in [2.05, 4.69) is 5.32 Å². The lowest BCUT2D eigenvalue weighted by molar-refractivity contribution is -0.139. The first-order valence-corrected chi connectivity index (χ1v) is 13.2. The average molecular weight is 522 g/mol. The number of nitrogens with zero attached hydrogens (tertiary/aromatic N) is 2. The number of amides is 2. The number of methoxy groups -OCH3 is 3. The summed E-state index contributed by atoms with van der Waals surface area (Å²) in [6.07, 6.45) is 1.01. The van der Waals surface area contributed by atoms with Crippen LogP contribution in [-0.4, -0.2) is 71.3 Å². The van der Waals surface area contributed by atoms with Crippen molar-refractivity contribution in [3.05, 3.63) is 48.0 Å². The Balaban J connectivity index is 2.45. The summed E-state index contributed by atoms with van der Waals surface area (Å²) in [5, 5.41) is 2.81. The van der Waals surface area contributed by atoms with Crippen molar-refractivity contribution in [1.29, 1.82) is 0 Å². The third-order valence-corrected chi connectivity index (χ3v) is 6.56. The SMILES string of the molecule is COc1cccc(CN(C(=O)CN(c2ccc(OC)c(OC)c2)S(C)(=O)=O)[C@H](C)C(=O)NC(C)C)c1. The number of sulfonamides is 1. The first-order chi connectivity index (χ1) is 16.9. The van der Waals surface area contributed by atoms with Crippen LogP contribution in [-0.2, 0) is 26.2 Å². The standard InChI is InChI=1S/C25H35N3O7S/c1-17(2)26-25(30)18(3)27(15-19-9-8-10-21(13-19)33-4)24(29)16-28(36(7,31)32)20-11-12-22(34-5)23(14-20)35-6/h8-14,17-18H,15-16H2,1-7H3,(H,26,30)/t18-/m1/s1. The van der Waals surface area contributed by atoms with Crippen molar-refractivity contribution in [3.63, 3.8) is 0 Å². The molecule has 2 rings (SSSR count). The van der Waals surface area contributed by atoms with E-state index in [0.29, 0.717) is 17.2 Å². The van der Waals surface area contributed by atoms with Crippen LogP contribution in [0.15, 0.2) is 42.5 Å². The molecular weight excluding hydrogens is 486 g/mol. The van der Waals surface area contributed by atoms with Crippen molar-refractivity contribution in [3.8, 4) is 17.2 Å². The third kappa shape index (κ3) is 7.51. The number of carbonyl (C=O) groups excluding carboxylic acids is 2. The van der Waals surface area contributed by atoms with E-state index < -0.39 is 28.5 Å². The maximum atomic E-state index is 13.6. The fourth-order valence-electron chi connectivity index (χ4n) is 3.55. The van der Waals surface area contributed by atoms with Crippen LogP contribution < -0.4 is 23.8 Å². The predicted molar refractivity (Wildman–Crippen MR) is 138 cm³/mol. The minimum absolute atomic E-state index is 0.0756. The summed E-state index contributed by atoms with van der Waals surface area (Å²) >= 11 is 0. The summed E-state index contributed by atoms with van der Waals surface area (Å²) in [6.45, 7) is 4.81. The van der Waals surface area contributed by atoms with Crippen molar-refractivity contribution in [1.82, 2.24) is 10.2 Å². The Morgan fingerprint density at radius 2 is 1.61 bits per heavy atom. The van der Waals surface area contributed by atoms with Crippen LogP contribution in [0.1, 0.15) is 26.3 Å². The average Bonchev–Trinajstić information content (AvgIpc) is 2.83. The molecule has 10 nitrogen and oxygen atoms in total. The number of anilines is 1. The lowest BCUT2D eigenvalue weighted by Gasteiger charge is -2.32. The molecule has 2 amide bonds. The van der Waals surface area contributed by atoms with Crippen LogP contribution in [0.25, 0.3) is 0 Å². The highest BCUT2D eigenvalue weighted by Crippen LogP contribution is 2.32. The molecule has 0 aromatic heterocycles. The molecule has 2 aromatic rings. The van der Waals surface area contributed by atoms with Gasteiger partial charge >= 0.3 is 0 Å². The summed E-state index contributed by atoms with van der Waals surface area (Å²) in [5.41, 5.74) is 0.952. The zero-order valence-corrected chi connectivity index (χ0v) is 22.6. The van der Waals surface area contributed by atoms with Gasteiger partial charge in [-0.15, -0.1) is 0 Å². The fraction of sp³-hybridized carbons (Fsp3) is 0.440. The number of nitrogens with one attached hydrogen (secondary N) is 1. The second-order valence-corrected chi connectivity index (χ2v) is 10.4. The summed E-state index contributed by atoms with van der Waals surface area (Å²) in [7, 11) is 0.566. The number of hydrogen-bond acceptors (Lipinski definition) is 7. The first kappa shape index (κ1) is 28.8. The quantitative estimate of drug-likeness (QED) is 0.456. The van der Waals surface area contributed by atoms with Crippen molar-refractivity contribution >= 4 is 27.5 Å². The number of ether oxygens (including phenoxy) is 3. The van der Waals surface area contributed by atoms with E-state index >= 15 is 0 Å². The lowest BCUT2D eigenvalue weighted by atomic mass is 10.1. The van der Waals surface area contributed by atoms with Gasteiger partial charge in [0.05, 0.1) is 33.3 Å². The van der Waals surface area contributed by atoms with E-state index in [1.165, 1.54) is 38.4 Å². The van der Waals surface area contributed by atoms with Gasteiger partial charge in [0.1, 0.15) is 18.3 Å². The largest absolute Gasteiger partial charge is 0.497 e. The van der Waals surface area contributed by atoms with Gasteiger partial charge in [0, 0.05) is 18.7 Å². The summed E-state index contributed by atoms with van der Waals surface area (Å²) in [6, 6.07) is 10.7. The Labute approximate surface area is 213 Å². The molecule has 1 atom stereocenters. The monoisotopic (exact) mass is 521 g/mol. The molecule has 36 heavy (non-hydrogen) atoms. The lowest BCUT2D eigenvalue weighted by Crippen LogP contribution is -2.52. The molecule has 0 spiro atoms. The molecule has 0 fully saturated rings. The molecule has 198 valence electrons. The zero-order valence-electron chi connectivity index (χ0n) is 21.8. The summed E-state index contributed by atoms with van der Waals surface area (Å²) < 4.78 is 42.2. The molecule has 0 unspecified atom stereocenters. The highest BCUT2D eigenvalue weighted by atomic mass is 32.2. The maximum absolute atomic E-state index is 13.6. The summed E-state index contributed by atoms with van der Waals surface area (Å²) in [4.78, 5) is 27.8. The Bertz CT molecular complexity index is 1170. The highest BCUT2D eigenvalue weighted by molar-refractivity contribution is 7.92. The number of rotatable bonds is 12. The van der Waals surface area contributed by atoms with E-state index in [-0.39, 0.29) is 24.2 Å². The van der Waals surface area contributed by atoms with Crippen molar-refractivity contribution < 1.29 is 32.2 Å². The second-order valence-electron chi connectivity index (χ2n) is 8.52. The van der Waals surface area contributed by atoms with Gasteiger partial charge in [-0.05, 0) is 50.6 Å². The third-order valence-electron chi connectivity index (χ3n) is 5.42. The van der Waals surface area contributed by atoms with E-state index in [9.17, 15) is 18.0 Å². The molecule has 0 aliphatic carbocycles. The smallest absolute Gasteiger partial charge is 0.244 e. The minimum atomic E-state index is -3.87. The van der Waals surface area contributed by atoms with Crippen LogP contribution in [0.3, 0.4) is 0 Å². The van der Waals surface area contributed by atoms with Gasteiger partial charge < -0.3 is 24.4 Å². The number of carbonyl (C=O) groups is 2. The van der Waals surface area contributed by atoms with E-state index in [1.54, 1.807) is 37.3 Å². The van der Waals surface area contributed by atoms with Gasteiger partial charge in [0.25, 0.3) is 0 Å². The van der Waals surface area contributed by atoms with E-state index in [4.69, 9.17) is 14.2 Å². The zero-order chi connectivity index (χ0) is 27.0. The molecule has 0 heterocycles. The Morgan fingerprint density at radius 1 is 0.944 bits per heavy atom. The van der Waals surface area contributed by atoms with Gasteiger partial charge in [-0.2, -0.15) is 0 Å². The van der Waals surface area contributed by atoms with Gasteiger partial charge in [-0.3, -0.25) is 13.9 Å². The van der Waals surface area contributed by atoms with E-state index in [1.807, 2.05) is 13.8 Å². The maximum Gasteiger partial charge on any atom is 0.244 e. The van der Waals surface area contributed by atoms with Gasteiger partial charge in [0.2, 0.25) is 21.8 Å². The van der Waals surface area contributed by atoms with Gasteiger partial charge in [0.15, 0.2) is 11.5 Å². The van der Waals surface area contributed by atoms with E-state index in [0.717, 1.165) is 16.1 Å². The molecular formula is C25H35N3O7S.